The van der Waals surface area contributed by atoms with Crippen molar-refractivity contribution in [2.75, 3.05) is 9.80 Å². The van der Waals surface area contributed by atoms with Gasteiger partial charge in [-0.3, -0.25) is 0 Å². The van der Waals surface area contributed by atoms with Gasteiger partial charge in [0.25, 0.3) is 6.71 Å². The molecule has 0 spiro atoms. The lowest BCUT2D eigenvalue weighted by Crippen LogP contribution is -2.59. The molecule has 0 aliphatic carbocycles. The van der Waals surface area contributed by atoms with Gasteiger partial charge < -0.3 is 9.80 Å². The summed E-state index contributed by atoms with van der Waals surface area (Å²) in [7, 11) is 0. The van der Waals surface area contributed by atoms with Crippen molar-refractivity contribution in [1.82, 2.24) is 0 Å². The van der Waals surface area contributed by atoms with Crippen molar-refractivity contribution in [3.8, 4) is 0 Å². The van der Waals surface area contributed by atoms with Gasteiger partial charge in [0.2, 0.25) is 0 Å². The summed E-state index contributed by atoms with van der Waals surface area (Å²) in [5.41, 5.74) is 11.5. The highest BCUT2D eigenvalue weighted by Crippen LogP contribution is 2.54. The Balaban J connectivity index is 1.12. The van der Waals surface area contributed by atoms with Crippen LogP contribution in [0.3, 0.4) is 0 Å². The summed E-state index contributed by atoms with van der Waals surface area (Å²) in [5.74, 6) is 0. The van der Waals surface area contributed by atoms with Crippen LogP contribution in [0, 0.1) is 0 Å². The fourth-order valence-electron chi connectivity index (χ4n) is 12.6. The van der Waals surface area contributed by atoms with E-state index in [2.05, 4.69) is 239 Å². The van der Waals surface area contributed by atoms with E-state index in [1.165, 1.54) is 145 Å². The molecule has 0 amide bonds. The lowest BCUT2D eigenvalue weighted by Gasteiger charge is -2.42. The monoisotopic (exact) mass is 944 g/mol. The number of fused-ring (bicyclic) bond motifs is 20. The molecule has 2 aliphatic heterocycles. The maximum Gasteiger partial charge on any atom is 0.277 e. The van der Waals surface area contributed by atoms with Gasteiger partial charge in [0.05, 0.1) is 22.7 Å². The number of rotatable bonds is 2. The van der Waals surface area contributed by atoms with Gasteiger partial charge in [0.15, 0.2) is 0 Å². The number of thiophene rings is 2. The zero-order valence-corrected chi connectivity index (χ0v) is 42.3. The Labute approximate surface area is 422 Å². The van der Waals surface area contributed by atoms with Crippen LogP contribution >= 0.6 is 22.7 Å². The van der Waals surface area contributed by atoms with E-state index in [1.54, 1.807) is 0 Å². The topological polar surface area (TPSA) is 6.48 Å². The first-order valence-corrected chi connectivity index (χ1v) is 26.7. The standard InChI is InChI=1S/C66H49BN2S2/c1-65(2,3)38-32-34-56-50(36-38)61-63(70-56)67-60-54(68(61)52-28-15-26-48-44-20-9-7-18-40(44)42-22-11-13-24-46(42)58(48)52)30-17-31-55(60)69(62-51-37-39(66(4,5)6)33-35-57(51)71-64(62)67)53-29-16-27-49-45-21-10-8-19-41(45)43-23-12-14-25-47(43)59(49)53/h7-37H,1-6H3. The normalized spacial score (nSPS) is 13.7. The molecule has 13 aromatic rings. The maximum atomic E-state index is 2.69. The zero-order chi connectivity index (χ0) is 47.7. The first kappa shape index (κ1) is 41.4. The minimum absolute atomic E-state index is 0.0183. The zero-order valence-electron chi connectivity index (χ0n) is 40.7. The molecule has 0 radical (unpaired) electrons. The lowest BCUT2D eigenvalue weighted by atomic mass is 9.39. The fraction of sp³-hybridized carbons (Fsp3) is 0.121. The molecule has 15 rings (SSSR count). The fourth-order valence-corrected chi connectivity index (χ4v) is 15.2. The largest absolute Gasteiger partial charge is 0.309 e. The third-order valence-electron chi connectivity index (χ3n) is 15.9. The summed E-state index contributed by atoms with van der Waals surface area (Å²) in [5, 5.41) is 18.0. The van der Waals surface area contributed by atoms with E-state index in [0.29, 0.717) is 0 Å². The van der Waals surface area contributed by atoms with Crippen LogP contribution in [0.2, 0.25) is 0 Å². The highest BCUT2D eigenvalue weighted by molar-refractivity contribution is 7.40. The van der Waals surface area contributed by atoms with Gasteiger partial charge in [-0.1, -0.05) is 181 Å². The Morgan fingerprint density at radius 1 is 0.324 bits per heavy atom. The van der Waals surface area contributed by atoms with Crippen LogP contribution in [0.1, 0.15) is 52.7 Å². The first-order valence-electron chi connectivity index (χ1n) is 25.0. The van der Waals surface area contributed by atoms with Gasteiger partial charge in [0, 0.05) is 51.9 Å². The Morgan fingerprint density at radius 3 is 1.00 bits per heavy atom. The maximum absolute atomic E-state index is 2.69. The van der Waals surface area contributed by atoms with Crippen molar-refractivity contribution in [2.45, 2.75) is 52.4 Å². The van der Waals surface area contributed by atoms with Gasteiger partial charge in [0.1, 0.15) is 0 Å². The number of anilines is 6. The second-order valence-electron chi connectivity index (χ2n) is 21.9. The van der Waals surface area contributed by atoms with Crippen molar-refractivity contribution in [1.29, 1.82) is 0 Å². The number of hydrogen-bond donors (Lipinski definition) is 0. The van der Waals surface area contributed by atoms with Crippen LogP contribution in [-0.4, -0.2) is 6.71 Å². The highest BCUT2D eigenvalue weighted by Gasteiger charge is 2.47. The average Bonchev–Trinajstić information content (AvgIpc) is 3.97. The molecule has 4 heterocycles. The molecule has 71 heavy (non-hydrogen) atoms. The molecule has 0 bridgehead atoms. The molecular formula is C66H49BN2S2. The molecule has 0 unspecified atom stereocenters. The third kappa shape index (κ3) is 5.71. The van der Waals surface area contributed by atoms with Crippen LogP contribution < -0.4 is 24.8 Å². The minimum atomic E-state index is -0.0230. The predicted molar refractivity (Wildman–Crippen MR) is 314 cm³/mol. The molecule has 0 atom stereocenters. The Morgan fingerprint density at radius 2 is 0.634 bits per heavy atom. The van der Waals surface area contributed by atoms with Crippen molar-refractivity contribution < 1.29 is 0 Å². The summed E-state index contributed by atoms with van der Waals surface area (Å²) >= 11 is 4.00. The molecular weight excluding hydrogens is 896 g/mol. The molecule has 338 valence electrons. The van der Waals surface area contributed by atoms with E-state index >= 15 is 0 Å². The molecule has 2 aromatic heterocycles. The van der Waals surface area contributed by atoms with Gasteiger partial charge in [-0.25, -0.2) is 0 Å². The summed E-state index contributed by atoms with van der Waals surface area (Å²) in [6.07, 6.45) is 0. The van der Waals surface area contributed by atoms with Crippen LogP contribution in [0.25, 0.3) is 84.8 Å². The number of hydrogen-bond acceptors (Lipinski definition) is 4. The Hall–Kier alpha value is -7.44. The van der Waals surface area contributed by atoms with E-state index in [1.807, 2.05) is 22.7 Å². The smallest absolute Gasteiger partial charge is 0.277 e. The molecule has 0 saturated carbocycles. The van der Waals surface area contributed by atoms with Crippen molar-refractivity contribution in [3.63, 3.8) is 0 Å². The minimum Gasteiger partial charge on any atom is -0.309 e. The first-order chi connectivity index (χ1) is 34.5. The van der Waals surface area contributed by atoms with Crippen molar-refractivity contribution >= 4 is 163 Å². The van der Waals surface area contributed by atoms with Crippen LogP contribution in [0.4, 0.5) is 34.1 Å². The second kappa shape index (κ2) is 14.6. The van der Waals surface area contributed by atoms with E-state index in [4.69, 9.17) is 0 Å². The molecule has 0 saturated heterocycles. The number of nitrogens with zero attached hydrogens (tertiary/aromatic N) is 2. The Bertz CT molecular complexity index is 4100. The van der Waals surface area contributed by atoms with E-state index in [-0.39, 0.29) is 17.5 Å². The SMILES string of the molecule is CC(C)(C)c1ccc2sc3c(c2c1)N(c1cccc2c4ccccc4c4ccccc4c12)c1cccc2c1B3c1sc3ccc(C(C)(C)C)cc3c1N2c1cccc2c3ccccc3c3ccccc3c12. The highest BCUT2D eigenvalue weighted by atomic mass is 32.1. The summed E-state index contributed by atoms with van der Waals surface area (Å²) < 4.78 is 5.47. The molecule has 2 aliphatic rings. The quantitative estimate of drug-likeness (QED) is 0.126. The summed E-state index contributed by atoms with van der Waals surface area (Å²) in [4.78, 5) is 5.39. The lowest BCUT2D eigenvalue weighted by molar-refractivity contribution is 0.591. The van der Waals surface area contributed by atoms with Crippen molar-refractivity contribution in [2.24, 2.45) is 0 Å². The van der Waals surface area contributed by atoms with Gasteiger partial charge in [-0.2, -0.15) is 0 Å². The number of benzene rings is 11. The molecule has 0 N–H and O–H groups in total. The van der Waals surface area contributed by atoms with Gasteiger partial charge in [-0.05, 0) is 130 Å². The summed E-state index contributed by atoms with van der Waals surface area (Å²) in [6.45, 7) is 14.1. The Kier molecular flexibility index (Phi) is 8.49. The van der Waals surface area contributed by atoms with E-state index in [9.17, 15) is 0 Å². The third-order valence-corrected chi connectivity index (χ3v) is 18.3. The van der Waals surface area contributed by atoms with Crippen LogP contribution in [0.15, 0.2) is 188 Å². The average molecular weight is 945 g/mol. The molecule has 0 fully saturated rings. The molecule has 5 heteroatoms. The molecule has 11 aromatic carbocycles. The van der Waals surface area contributed by atoms with Crippen molar-refractivity contribution in [3.05, 3.63) is 199 Å². The van der Waals surface area contributed by atoms with Crippen LogP contribution in [0.5, 0.6) is 0 Å². The second-order valence-corrected chi connectivity index (χ2v) is 24.1. The van der Waals surface area contributed by atoms with E-state index in [0.717, 1.165) is 0 Å². The predicted octanol–water partition coefficient (Wildman–Crippen LogP) is 17.7. The van der Waals surface area contributed by atoms with Gasteiger partial charge in [-0.15, -0.1) is 22.7 Å². The van der Waals surface area contributed by atoms with E-state index < -0.39 is 0 Å². The molecule has 2 nitrogen and oxygen atoms in total. The summed E-state index contributed by atoms with van der Waals surface area (Å²) in [6, 6.07) is 72.0. The van der Waals surface area contributed by atoms with Crippen LogP contribution in [-0.2, 0) is 10.8 Å². The van der Waals surface area contributed by atoms with Gasteiger partial charge >= 0.3 is 0 Å².